The number of H-pyrrole nitrogens is 1. The first kappa shape index (κ1) is 23.5. The zero-order valence-electron chi connectivity index (χ0n) is 18.5. The summed E-state index contributed by atoms with van der Waals surface area (Å²) in [4.78, 5) is 15.0. The van der Waals surface area contributed by atoms with Gasteiger partial charge in [-0.3, -0.25) is 9.89 Å². The molecule has 1 fully saturated rings. The van der Waals surface area contributed by atoms with Crippen molar-refractivity contribution >= 4 is 49.8 Å². The Morgan fingerprint density at radius 2 is 2.03 bits per heavy atom. The molecule has 2 heterocycles. The first-order chi connectivity index (χ1) is 15.8. The van der Waals surface area contributed by atoms with E-state index in [9.17, 15) is 13.2 Å². The number of hydrogen-bond donors (Lipinski definition) is 2. The van der Waals surface area contributed by atoms with Gasteiger partial charge < -0.3 is 15.0 Å². The lowest BCUT2D eigenvalue weighted by Crippen LogP contribution is -2.38. The lowest BCUT2D eigenvalue weighted by atomic mass is 10.2. The number of benzene rings is 2. The van der Waals surface area contributed by atoms with Crippen molar-refractivity contribution in [3.63, 3.8) is 0 Å². The van der Waals surface area contributed by atoms with Gasteiger partial charge in [-0.2, -0.15) is 9.40 Å². The maximum absolute atomic E-state index is 13.4. The van der Waals surface area contributed by atoms with E-state index in [1.165, 1.54) is 0 Å². The molecule has 0 aliphatic carbocycles. The highest BCUT2D eigenvalue weighted by molar-refractivity contribution is 7.89. The number of nitrogens with zero attached hydrogens (tertiary/aromatic N) is 3. The summed E-state index contributed by atoms with van der Waals surface area (Å²) < 4.78 is 33.2. The Balaban J connectivity index is 1.50. The number of halogens is 1. The minimum atomic E-state index is -3.93. The van der Waals surface area contributed by atoms with Crippen LogP contribution in [0.25, 0.3) is 10.9 Å². The Morgan fingerprint density at radius 1 is 1.27 bits per heavy atom. The molecule has 0 saturated carbocycles. The van der Waals surface area contributed by atoms with Crippen LogP contribution in [0, 0.1) is 6.92 Å². The third kappa shape index (κ3) is 4.98. The lowest BCUT2D eigenvalue weighted by Gasteiger charge is -2.29. The zero-order valence-corrected chi connectivity index (χ0v) is 20.0. The van der Waals surface area contributed by atoms with E-state index in [0.29, 0.717) is 34.8 Å². The maximum atomic E-state index is 13.4. The van der Waals surface area contributed by atoms with Gasteiger partial charge in [0, 0.05) is 30.7 Å². The molecule has 0 spiro atoms. The third-order valence-corrected chi connectivity index (χ3v) is 7.78. The fourth-order valence-electron chi connectivity index (χ4n) is 3.88. The van der Waals surface area contributed by atoms with E-state index in [1.807, 2.05) is 19.1 Å². The molecule has 0 atom stereocenters. The molecular weight excluding hydrogens is 466 g/mol. The molecule has 4 rings (SSSR count). The average Bonchev–Trinajstić information content (AvgIpc) is 3.25. The molecule has 1 aliphatic rings. The van der Waals surface area contributed by atoms with Crippen LogP contribution in [0.5, 0.6) is 0 Å². The zero-order chi connectivity index (χ0) is 23.6. The van der Waals surface area contributed by atoms with E-state index in [4.69, 9.17) is 16.3 Å². The molecule has 3 aromatic rings. The molecule has 1 aliphatic heterocycles. The van der Waals surface area contributed by atoms with Crippen LogP contribution in [-0.4, -0.2) is 68.2 Å². The predicted molar refractivity (Wildman–Crippen MR) is 128 cm³/mol. The summed E-state index contributed by atoms with van der Waals surface area (Å²) >= 11 is 6.44. The summed E-state index contributed by atoms with van der Waals surface area (Å²) in [6.07, 6.45) is 1.58. The van der Waals surface area contributed by atoms with Crippen molar-refractivity contribution in [2.24, 2.45) is 0 Å². The Hall–Kier alpha value is -2.66. The van der Waals surface area contributed by atoms with Gasteiger partial charge in [0.05, 0.1) is 42.2 Å². The first-order valence-electron chi connectivity index (χ1n) is 10.7. The number of ether oxygens (including phenoxy) is 1. The van der Waals surface area contributed by atoms with Gasteiger partial charge in [0.25, 0.3) is 0 Å². The SMILES string of the molecule is CCN(CC(=O)Nc1ccc(N2CCOCC2)c(Cl)c1)S(=O)(=O)c1cc(C)cc2cn[nH]c12. The van der Waals surface area contributed by atoms with E-state index in [0.717, 1.165) is 28.6 Å². The number of carbonyl (C=O) groups is 1. The number of carbonyl (C=O) groups excluding carboxylic acids is 1. The van der Waals surface area contributed by atoms with Gasteiger partial charge in [-0.25, -0.2) is 8.42 Å². The molecule has 2 N–H and O–H groups in total. The van der Waals surface area contributed by atoms with Crippen molar-refractivity contribution in [2.75, 3.05) is 49.6 Å². The molecule has 1 saturated heterocycles. The third-order valence-electron chi connectivity index (χ3n) is 5.53. The highest BCUT2D eigenvalue weighted by Crippen LogP contribution is 2.30. The molecule has 33 heavy (non-hydrogen) atoms. The van der Waals surface area contributed by atoms with E-state index in [1.54, 1.807) is 31.3 Å². The number of nitrogens with one attached hydrogen (secondary N) is 2. The Labute approximate surface area is 197 Å². The monoisotopic (exact) mass is 491 g/mol. The average molecular weight is 492 g/mol. The van der Waals surface area contributed by atoms with Crippen molar-refractivity contribution in [1.82, 2.24) is 14.5 Å². The van der Waals surface area contributed by atoms with Crippen LogP contribution >= 0.6 is 11.6 Å². The van der Waals surface area contributed by atoms with Gasteiger partial charge in [-0.15, -0.1) is 0 Å². The summed E-state index contributed by atoms with van der Waals surface area (Å²) in [5, 5.41) is 10.7. The van der Waals surface area contributed by atoms with Crippen molar-refractivity contribution < 1.29 is 17.9 Å². The van der Waals surface area contributed by atoms with Crippen LogP contribution in [-0.2, 0) is 19.6 Å². The van der Waals surface area contributed by atoms with Crippen molar-refractivity contribution in [2.45, 2.75) is 18.7 Å². The molecular formula is C22H26ClN5O4S. The predicted octanol–water partition coefficient (Wildman–Crippen LogP) is 3.01. The molecule has 2 aromatic carbocycles. The second-order valence-corrected chi connectivity index (χ2v) is 10.2. The summed E-state index contributed by atoms with van der Waals surface area (Å²) in [5.74, 6) is -0.455. The lowest BCUT2D eigenvalue weighted by molar-refractivity contribution is -0.116. The number of aryl methyl sites for hydroxylation is 1. The van der Waals surface area contributed by atoms with Crippen molar-refractivity contribution in [3.8, 4) is 0 Å². The first-order valence-corrected chi connectivity index (χ1v) is 12.5. The molecule has 9 nitrogen and oxygen atoms in total. The highest BCUT2D eigenvalue weighted by Gasteiger charge is 2.28. The number of amides is 1. The Kier molecular flexibility index (Phi) is 6.89. The molecule has 176 valence electrons. The van der Waals surface area contributed by atoms with Crippen molar-refractivity contribution in [3.05, 3.63) is 47.1 Å². The molecule has 1 aromatic heterocycles. The van der Waals surface area contributed by atoms with Crippen molar-refractivity contribution in [1.29, 1.82) is 0 Å². The largest absolute Gasteiger partial charge is 0.378 e. The number of hydrogen-bond acceptors (Lipinski definition) is 6. The van der Waals surface area contributed by atoms with E-state index in [-0.39, 0.29) is 18.0 Å². The van der Waals surface area contributed by atoms with Gasteiger partial charge in [-0.1, -0.05) is 18.5 Å². The molecule has 0 unspecified atom stereocenters. The van der Waals surface area contributed by atoms with E-state index >= 15 is 0 Å². The number of likely N-dealkylation sites (N-methyl/N-ethyl adjacent to an activating group) is 1. The second-order valence-electron chi connectivity index (χ2n) is 7.84. The van der Waals surface area contributed by atoms with Gasteiger partial charge in [-0.05, 0) is 42.8 Å². The van der Waals surface area contributed by atoms with E-state index in [2.05, 4.69) is 20.4 Å². The number of aromatic nitrogens is 2. The standard InChI is InChI=1S/C22H26ClN5O4S/c1-3-28(33(30,31)20-11-15(2)10-16-13-24-26-22(16)20)14-21(29)25-17-4-5-19(18(23)12-17)27-6-8-32-9-7-27/h4-5,10-13H,3,6-9,14H2,1-2H3,(H,24,26)(H,25,29). The van der Waals surface area contributed by atoms with E-state index < -0.39 is 15.9 Å². The fourth-order valence-corrected chi connectivity index (χ4v) is 5.85. The quantitative estimate of drug-likeness (QED) is 0.526. The number of fused-ring (bicyclic) bond motifs is 1. The second kappa shape index (κ2) is 9.68. The maximum Gasteiger partial charge on any atom is 0.245 e. The number of morpholine rings is 1. The Morgan fingerprint density at radius 3 is 2.73 bits per heavy atom. The summed E-state index contributed by atoms with van der Waals surface area (Å²) in [6.45, 7) is 6.09. The smallest absolute Gasteiger partial charge is 0.245 e. The van der Waals surface area contributed by atoms with Crippen LogP contribution in [0.15, 0.2) is 41.4 Å². The van der Waals surface area contributed by atoms with Crippen LogP contribution in [0.3, 0.4) is 0 Å². The molecule has 11 heteroatoms. The van der Waals surface area contributed by atoms with Crippen LogP contribution in [0.1, 0.15) is 12.5 Å². The fraction of sp³-hybridized carbons (Fsp3) is 0.364. The summed E-state index contributed by atoms with van der Waals surface area (Å²) in [6, 6.07) is 8.71. The van der Waals surface area contributed by atoms with Crippen LogP contribution in [0.4, 0.5) is 11.4 Å². The Bertz CT molecular complexity index is 1270. The highest BCUT2D eigenvalue weighted by atomic mass is 35.5. The normalized spacial score (nSPS) is 14.7. The number of rotatable bonds is 7. The summed E-state index contributed by atoms with van der Waals surface area (Å²) in [5.41, 5.74) is 2.59. The minimum absolute atomic E-state index is 0.0996. The van der Waals surface area contributed by atoms with Gasteiger partial charge in [0.15, 0.2) is 0 Å². The number of sulfonamides is 1. The molecule has 0 radical (unpaired) electrons. The topological polar surface area (TPSA) is 108 Å². The van der Waals surface area contributed by atoms with Gasteiger partial charge >= 0.3 is 0 Å². The molecule has 1 amide bonds. The van der Waals surface area contributed by atoms with Crippen LogP contribution < -0.4 is 10.2 Å². The molecule has 0 bridgehead atoms. The van der Waals surface area contributed by atoms with Crippen LogP contribution in [0.2, 0.25) is 5.02 Å². The summed E-state index contributed by atoms with van der Waals surface area (Å²) in [7, 11) is -3.93. The minimum Gasteiger partial charge on any atom is -0.378 e. The van der Waals surface area contributed by atoms with Gasteiger partial charge in [0.2, 0.25) is 15.9 Å². The number of aromatic amines is 1. The van der Waals surface area contributed by atoms with Gasteiger partial charge in [0.1, 0.15) is 4.90 Å². The number of anilines is 2.